The lowest BCUT2D eigenvalue weighted by Crippen LogP contribution is -2.30. The van der Waals surface area contributed by atoms with Crippen LogP contribution in [0.15, 0.2) is 36.7 Å². The monoisotopic (exact) mass is 261 g/mol. The van der Waals surface area contributed by atoms with E-state index in [1.807, 2.05) is 30.3 Å². The van der Waals surface area contributed by atoms with E-state index in [4.69, 9.17) is 4.74 Å². The lowest BCUT2D eigenvalue weighted by Gasteiger charge is -2.07. The molecule has 1 heterocycles. The van der Waals surface area contributed by atoms with Gasteiger partial charge in [-0.15, -0.1) is 5.10 Å². The third kappa shape index (κ3) is 2.95. The van der Waals surface area contributed by atoms with E-state index in [9.17, 15) is 9.59 Å². The summed E-state index contributed by atoms with van der Waals surface area (Å²) >= 11 is 0. The molecule has 0 fully saturated rings. The summed E-state index contributed by atoms with van der Waals surface area (Å²) in [6.07, 6.45) is 0.385. The molecule has 2 rings (SSSR count). The van der Waals surface area contributed by atoms with E-state index >= 15 is 0 Å². The second kappa shape index (κ2) is 5.76. The molecule has 7 nitrogen and oxygen atoms in total. The van der Waals surface area contributed by atoms with Crippen LogP contribution in [0.3, 0.4) is 0 Å². The quantitative estimate of drug-likeness (QED) is 0.440. The molecule has 7 heteroatoms. The zero-order chi connectivity index (χ0) is 13.7. The number of rotatable bonds is 5. The van der Waals surface area contributed by atoms with Crippen molar-refractivity contribution >= 4 is 12.3 Å². The fourth-order valence-corrected chi connectivity index (χ4v) is 1.37. The van der Waals surface area contributed by atoms with Gasteiger partial charge in [0, 0.05) is 0 Å². The van der Waals surface area contributed by atoms with Gasteiger partial charge in [-0.3, -0.25) is 4.79 Å². The summed E-state index contributed by atoms with van der Waals surface area (Å²) in [5, 5.41) is 4.00. The van der Waals surface area contributed by atoms with Gasteiger partial charge in [0.1, 0.15) is 6.33 Å². The van der Waals surface area contributed by atoms with Crippen LogP contribution in [0.5, 0.6) is 6.01 Å². The zero-order valence-corrected chi connectivity index (χ0v) is 10.1. The Morgan fingerprint density at radius 1 is 1.37 bits per heavy atom. The number of nitrogens with zero attached hydrogens (tertiary/aromatic N) is 3. The third-order valence-corrected chi connectivity index (χ3v) is 2.28. The highest BCUT2D eigenvalue weighted by atomic mass is 16.6. The van der Waals surface area contributed by atoms with Crippen molar-refractivity contribution in [1.29, 1.82) is 0 Å². The molecule has 0 saturated carbocycles. The first-order chi connectivity index (χ1) is 9.24. The highest BCUT2D eigenvalue weighted by Crippen LogP contribution is 2.09. The maximum Gasteiger partial charge on any atom is 0.354 e. The fraction of sp³-hybridized carbons (Fsp3) is 0.167. The van der Waals surface area contributed by atoms with Crippen molar-refractivity contribution in [2.24, 2.45) is 0 Å². The SMILES string of the molecule is COC(=O)C(C=O)Oc1ncn(-c2ccccc2)n1. The number of hydrogen-bond donors (Lipinski definition) is 0. The van der Waals surface area contributed by atoms with Gasteiger partial charge in [0.15, 0.2) is 6.29 Å². The molecule has 2 aromatic rings. The minimum Gasteiger partial charge on any atom is -0.466 e. The molecule has 1 aromatic carbocycles. The molecule has 0 spiro atoms. The predicted molar refractivity (Wildman–Crippen MR) is 63.9 cm³/mol. The van der Waals surface area contributed by atoms with Gasteiger partial charge < -0.3 is 9.47 Å². The van der Waals surface area contributed by atoms with E-state index in [1.165, 1.54) is 11.0 Å². The largest absolute Gasteiger partial charge is 0.466 e. The molecule has 19 heavy (non-hydrogen) atoms. The molecule has 0 N–H and O–H groups in total. The van der Waals surface area contributed by atoms with Crippen LogP contribution < -0.4 is 4.74 Å². The van der Waals surface area contributed by atoms with E-state index in [1.54, 1.807) is 0 Å². The Bertz CT molecular complexity index is 567. The van der Waals surface area contributed by atoms with Gasteiger partial charge in [-0.2, -0.15) is 4.98 Å². The van der Waals surface area contributed by atoms with E-state index in [-0.39, 0.29) is 6.01 Å². The number of ether oxygens (including phenoxy) is 2. The second-order valence-corrected chi connectivity index (χ2v) is 3.50. The Morgan fingerprint density at radius 3 is 2.74 bits per heavy atom. The standard InChI is InChI=1S/C12H11N3O4/c1-18-11(17)10(7-16)19-12-13-8-15(14-12)9-5-3-2-4-6-9/h2-8,10H,1H3. The average Bonchev–Trinajstić information content (AvgIpc) is 2.93. The summed E-state index contributed by atoms with van der Waals surface area (Å²) < 4.78 is 10.9. The minimum atomic E-state index is -1.36. The van der Waals surface area contributed by atoms with Gasteiger partial charge in [0.2, 0.25) is 0 Å². The molecule has 1 atom stereocenters. The van der Waals surface area contributed by atoms with Crippen LogP contribution in [0, 0.1) is 0 Å². The van der Waals surface area contributed by atoms with E-state index in [2.05, 4.69) is 14.8 Å². The second-order valence-electron chi connectivity index (χ2n) is 3.50. The van der Waals surface area contributed by atoms with Crippen molar-refractivity contribution in [2.45, 2.75) is 6.10 Å². The van der Waals surface area contributed by atoms with Gasteiger partial charge in [0.05, 0.1) is 12.8 Å². The molecule has 0 aliphatic heterocycles. The Kier molecular flexibility index (Phi) is 3.87. The average molecular weight is 261 g/mol. The van der Waals surface area contributed by atoms with E-state index < -0.39 is 12.1 Å². The van der Waals surface area contributed by atoms with Crippen molar-refractivity contribution in [2.75, 3.05) is 7.11 Å². The topological polar surface area (TPSA) is 83.3 Å². The summed E-state index contributed by atoms with van der Waals surface area (Å²) in [5.41, 5.74) is 0.783. The Balaban J connectivity index is 2.13. The number of carbonyl (C=O) groups is 2. The number of benzene rings is 1. The van der Waals surface area contributed by atoms with Crippen molar-refractivity contribution in [3.63, 3.8) is 0 Å². The molecule has 1 unspecified atom stereocenters. The lowest BCUT2D eigenvalue weighted by molar-refractivity contribution is -0.150. The van der Waals surface area contributed by atoms with Gasteiger partial charge in [-0.25, -0.2) is 9.48 Å². The number of methoxy groups -OCH3 is 1. The van der Waals surface area contributed by atoms with E-state index in [0.29, 0.717) is 6.29 Å². The first kappa shape index (κ1) is 12.7. The number of aromatic nitrogens is 3. The molecule has 0 radical (unpaired) electrons. The van der Waals surface area contributed by atoms with Crippen molar-refractivity contribution in [1.82, 2.24) is 14.8 Å². The highest BCUT2D eigenvalue weighted by molar-refractivity contribution is 5.91. The third-order valence-electron chi connectivity index (χ3n) is 2.28. The summed E-state index contributed by atoms with van der Waals surface area (Å²) in [6.45, 7) is 0. The molecular formula is C12H11N3O4. The summed E-state index contributed by atoms with van der Waals surface area (Å²) in [7, 11) is 1.16. The molecule has 98 valence electrons. The number of hydrogen-bond acceptors (Lipinski definition) is 6. The fourth-order valence-electron chi connectivity index (χ4n) is 1.37. The van der Waals surface area contributed by atoms with Crippen molar-refractivity contribution < 1.29 is 19.1 Å². The van der Waals surface area contributed by atoms with E-state index in [0.717, 1.165) is 12.8 Å². The van der Waals surface area contributed by atoms with Gasteiger partial charge >= 0.3 is 12.0 Å². The van der Waals surface area contributed by atoms with Crippen molar-refractivity contribution in [3.05, 3.63) is 36.7 Å². The van der Waals surface area contributed by atoms with Gasteiger partial charge in [0.25, 0.3) is 6.10 Å². The molecule has 0 aliphatic rings. The Morgan fingerprint density at radius 2 is 2.11 bits per heavy atom. The molecule has 1 aromatic heterocycles. The number of carbonyl (C=O) groups excluding carboxylic acids is 2. The molecule has 0 aliphatic carbocycles. The normalized spacial score (nSPS) is 11.6. The molecule has 0 amide bonds. The maximum atomic E-state index is 11.2. The minimum absolute atomic E-state index is 0.0775. The molecule has 0 bridgehead atoms. The summed E-state index contributed by atoms with van der Waals surface area (Å²) in [6, 6.07) is 9.15. The molecule has 0 saturated heterocycles. The van der Waals surface area contributed by atoms with Crippen LogP contribution in [0.25, 0.3) is 5.69 Å². The van der Waals surface area contributed by atoms with Crippen LogP contribution in [-0.4, -0.2) is 40.2 Å². The summed E-state index contributed by atoms with van der Waals surface area (Å²) in [5.74, 6) is -0.800. The van der Waals surface area contributed by atoms with Crippen LogP contribution in [0.1, 0.15) is 0 Å². The number of para-hydroxylation sites is 1. The highest BCUT2D eigenvalue weighted by Gasteiger charge is 2.22. The predicted octanol–water partition coefficient (Wildman–Crippen LogP) is 0.387. The smallest absolute Gasteiger partial charge is 0.354 e. The lowest BCUT2D eigenvalue weighted by atomic mass is 10.3. The summed E-state index contributed by atoms with van der Waals surface area (Å²) in [4.78, 5) is 25.7. The van der Waals surface area contributed by atoms with Crippen LogP contribution in [0.2, 0.25) is 0 Å². The van der Waals surface area contributed by atoms with Crippen LogP contribution in [0.4, 0.5) is 0 Å². The van der Waals surface area contributed by atoms with Crippen LogP contribution >= 0.6 is 0 Å². The number of esters is 1. The van der Waals surface area contributed by atoms with Crippen LogP contribution in [-0.2, 0) is 14.3 Å². The Hall–Kier alpha value is -2.70. The van der Waals surface area contributed by atoms with Crippen molar-refractivity contribution in [3.8, 4) is 11.7 Å². The maximum absolute atomic E-state index is 11.2. The number of aldehydes is 1. The first-order valence-electron chi connectivity index (χ1n) is 5.41. The molecular weight excluding hydrogens is 250 g/mol. The zero-order valence-electron chi connectivity index (χ0n) is 10.1. The first-order valence-corrected chi connectivity index (χ1v) is 5.41. The van der Waals surface area contributed by atoms with Gasteiger partial charge in [-0.05, 0) is 12.1 Å². The van der Waals surface area contributed by atoms with Gasteiger partial charge in [-0.1, -0.05) is 18.2 Å². The Labute approximate surface area is 108 Å².